The number of rotatable bonds is 10. The van der Waals surface area contributed by atoms with Crippen molar-refractivity contribution >= 4 is 11.8 Å². The van der Waals surface area contributed by atoms with E-state index in [9.17, 15) is 15.0 Å². The topological polar surface area (TPSA) is 98.6 Å². The number of carbonyl (C=O) groups is 1. The number of aryl methyl sites for hydroxylation is 2. The number of anilines is 1. The highest BCUT2D eigenvalue weighted by atomic mass is 16.4. The molecule has 0 aromatic carbocycles. The van der Waals surface area contributed by atoms with Crippen molar-refractivity contribution in [3.05, 3.63) is 47.4 Å². The van der Waals surface area contributed by atoms with Gasteiger partial charge in [-0.15, -0.1) is 0 Å². The summed E-state index contributed by atoms with van der Waals surface area (Å²) in [5.41, 5.74) is 3.19. The molecule has 0 amide bonds. The zero-order valence-electron chi connectivity index (χ0n) is 17.0. The number of aromatic hydroxyl groups is 1. The molecule has 0 radical (unpaired) electrons. The van der Waals surface area contributed by atoms with Crippen LogP contribution in [0, 0.1) is 0 Å². The summed E-state index contributed by atoms with van der Waals surface area (Å²) in [5.74, 6) is 0.0546. The van der Waals surface area contributed by atoms with E-state index >= 15 is 0 Å². The number of fused-ring (bicyclic) bond motifs is 1. The SMILES string of the molecule is CN(CCCCc1ccc2c(n1)NCCC2)C[C@@H](CC(=O)O)c1cncc(O)c1. The van der Waals surface area contributed by atoms with Crippen molar-refractivity contribution in [3.8, 4) is 5.75 Å². The average Bonchev–Trinajstić information content (AvgIpc) is 2.70. The second-order valence-electron chi connectivity index (χ2n) is 7.83. The summed E-state index contributed by atoms with van der Waals surface area (Å²) < 4.78 is 0. The smallest absolute Gasteiger partial charge is 0.304 e. The largest absolute Gasteiger partial charge is 0.506 e. The van der Waals surface area contributed by atoms with Gasteiger partial charge in [-0.1, -0.05) is 6.07 Å². The number of carboxylic acids is 1. The van der Waals surface area contributed by atoms with Crippen molar-refractivity contribution in [3.63, 3.8) is 0 Å². The molecule has 2 aromatic heterocycles. The van der Waals surface area contributed by atoms with Crippen molar-refractivity contribution in [1.29, 1.82) is 0 Å². The molecule has 0 spiro atoms. The van der Waals surface area contributed by atoms with Gasteiger partial charge in [-0.05, 0) is 69.0 Å². The van der Waals surface area contributed by atoms with Crippen LogP contribution in [0.1, 0.15) is 48.4 Å². The van der Waals surface area contributed by atoms with Crippen LogP contribution in [0.25, 0.3) is 0 Å². The highest BCUT2D eigenvalue weighted by Gasteiger charge is 2.18. The Morgan fingerprint density at radius 2 is 2.17 bits per heavy atom. The van der Waals surface area contributed by atoms with E-state index in [0.29, 0.717) is 6.54 Å². The predicted molar refractivity (Wildman–Crippen MR) is 112 cm³/mol. The van der Waals surface area contributed by atoms with Gasteiger partial charge in [0.05, 0.1) is 12.6 Å². The third-order valence-corrected chi connectivity index (χ3v) is 5.34. The van der Waals surface area contributed by atoms with E-state index in [0.717, 1.165) is 55.8 Å². The monoisotopic (exact) mass is 398 g/mol. The first-order valence-electron chi connectivity index (χ1n) is 10.3. The average molecular weight is 399 g/mol. The summed E-state index contributed by atoms with van der Waals surface area (Å²) in [7, 11) is 2.01. The fourth-order valence-electron chi connectivity index (χ4n) is 3.83. The van der Waals surface area contributed by atoms with E-state index in [1.165, 1.54) is 18.2 Å². The van der Waals surface area contributed by atoms with E-state index in [1.807, 2.05) is 7.05 Å². The minimum absolute atomic E-state index is 0.0154. The summed E-state index contributed by atoms with van der Waals surface area (Å²) in [6.07, 6.45) is 8.27. The number of unbranched alkanes of at least 4 members (excludes halogenated alkanes) is 1. The number of hydrogen-bond acceptors (Lipinski definition) is 6. The number of hydrogen-bond donors (Lipinski definition) is 3. The Morgan fingerprint density at radius 3 is 2.97 bits per heavy atom. The summed E-state index contributed by atoms with van der Waals surface area (Å²) in [6, 6.07) is 5.92. The molecule has 3 N–H and O–H groups in total. The highest BCUT2D eigenvalue weighted by molar-refractivity contribution is 5.68. The molecule has 0 bridgehead atoms. The minimum Gasteiger partial charge on any atom is -0.506 e. The first-order chi connectivity index (χ1) is 14.0. The van der Waals surface area contributed by atoms with Gasteiger partial charge in [0.2, 0.25) is 0 Å². The second kappa shape index (κ2) is 10.2. The number of aromatic nitrogens is 2. The lowest BCUT2D eigenvalue weighted by Crippen LogP contribution is -2.27. The Labute approximate surface area is 171 Å². The molecular formula is C22H30N4O3. The summed E-state index contributed by atoms with van der Waals surface area (Å²) in [6.45, 7) is 2.49. The number of pyridine rings is 2. The maximum Gasteiger partial charge on any atom is 0.304 e. The second-order valence-corrected chi connectivity index (χ2v) is 7.83. The van der Waals surface area contributed by atoms with Gasteiger partial charge in [-0.25, -0.2) is 4.98 Å². The molecule has 7 heteroatoms. The highest BCUT2D eigenvalue weighted by Crippen LogP contribution is 2.23. The van der Waals surface area contributed by atoms with Crippen molar-refractivity contribution in [2.24, 2.45) is 0 Å². The van der Waals surface area contributed by atoms with Crippen LogP contribution in [-0.2, 0) is 17.6 Å². The molecule has 1 aliphatic heterocycles. The van der Waals surface area contributed by atoms with Crippen LogP contribution in [0.2, 0.25) is 0 Å². The van der Waals surface area contributed by atoms with Crippen LogP contribution in [0.3, 0.4) is 0 Å². The van der Waals surface area contributed by atoms with Crippen molar-refractivity contribution < 1.29 is 15.0 Å². The fourth-order valence-corrected chi connectivity index (χ4v) is 3.83. The third kappa shape index (κ3) is 6.42. The van der Waals surface area contributed by atoms with Crippen LogP contribution in [0.4, 0.5) is 5.82 Å². The first kappa shape index (κ1) is 21.0. The molecule has 156 valence electrons. The molecule has 0 saturated heterocycles. The lowest BCUT2D eigenvalue weighted by atomic mass is 9.96. The number of likely N-dealkylation sites (N-methyl/N-ethyl adjacent to an activating group) is 1. The first-order valence-corrected chi connectivity index (χ1v) is 10.3. The molecule has 0 saturated carbocycles. The molecule has 3 rings (SSSR count). The van der Waals surface area contributed by atoms with Gasteiger partial charge >= 0.3 is 5.97 Å². The Kier molecular flexibility index (Phi) is 7.41. The molecule has 7 nitrogen and oxygen atoms in total. The number of nitrogens with one attached hydrogen (secondary N) is 1. The Morgan fingerprint density at radius 1 is 1.31 bits per heavy atom. The maximum atomic E-state index is 11.3. The quantitative estimate of drug-likeness (QED) is 0.529. The zero-order chi connectivity index (χ0) is 20.6. The van der Waals surface area contributed by atoms with Crippen LogP contribution in [0.15, 0.2) is 30.6 Å². The van der Waals surface area contributed by atoms with Crippen LogP contribution < -0.4 is 5.32 Å². The van der Waals surface area contributed by atoms with Crippen molar-refractivity contribution in [2.75, 3.05) is 32.0 Å². The third-order valence-electron chi connectivity index (χ3n) is 5.34. The molecule has 2 aromatic rings. The number of carboxylic acid groups (broad SMARTS) is 1. The Bertz CT molecular complexity index is 827. The molecule has 1 atom stereocenters. The molecule has 0 fully saturated rings. The zero-order valence-corrected chi connectivity index (χ0v) is 17.0. The van der Waals surface area contributed by atoms with Gasteiger partial charge in [0.25, 0.3) is 0 Å². The van der Waals surface area contributed by atoms with Crippen LogP contribution in [-0.4, -0.2) is 57.7 Å². The predicted octanol–water partition coefficient (Wildman–Crippen LogP) is 3.05. The van der Waals surface area contributed by atoms with E-state index in [2.05, 4.69) is 27.3 Å². The van der Waals surface area contributed by atoms with Crippen LogP contribution >= 0.6 is 0 Å². The number of nitrogens with zero attached hydrogens (tertiary/aromatic N) is 3. The van der Waals surface area contributed by atoms with Gasteiger partial charge in [-0.2, -0.15) is 0 Å². The van der Waals surface area contributed by atoms with E-state index in [1.54, 1.807) is 12.3 Å². The lowest BCUT2D eigenvalue weighted by molar-refractivity contribution is -0.137. The Hall–Kier alpha value is -2.67. The molecular weight excluding hydrogens is 368 g/mol. The molecule has 3 heterocycles. The van der Waals surface area contributed by atoms with Crippen LogP contribution in [0.5, 0.6) is 5.75 Å². The van der Waals surface area contributed by atoms with Gasteiger partial charge in [0.1, 0.15) is 11.6 Å². The van der Waals surface area contributed by atoms with Crippen molar-refractivity contribution in [2.45, 2.75) is 44.4 Å². The Balaban J connectivity index is 1.46. The summed E-state index contributed by atoms with van der Waals surface area (Å²) >= 11 is 0. The van der Waals surface area contributed by atoms with Gasteiger partial charge in [0.15, 0.2) is 0 Å². The number of aliphatic carboxylic acids is 1. The molecule has 0 aliphatic carbocycles. The van der Waals surface area contributed by atoms with E-state index in [-0.39, 0.29) is 18.1 Å². The fraction of sp³-hybridized carbons (Fsp3) is 0.500. The summed E-state index contributed by atoms with van der Waals surface area (Å²) in [5, 5.41) is 22.3. The standard InChI is InChI=1S/C22H30N4O3/c1-26(15-18(12-21(28)29)17-11-20(27)14-23-13-17)10-3-2-6-19-8-7-16-5-4-9-24-22(16)25-19/h7-8,11,13-14,18,27H,2-6,9-10,12,15H2,1H3,(H,24,25)(H,28,29)/t18-/m1/s1. The molecule has 29 heavy (non-hydrogen) atoms. The lowest BCUT2D eigenvalue weighted by Gasteiger charge is -2.23. The maximum absolute atomic E-state index is 11.3. The van der Waals surface area contributed by atoms with Crippen molar-refractivity contribution in [1.82, 2.24) is 14.9 Å². The minimum atomic E-state index is -0.848. The molecule has 0 unspecified atom stereocenters. The summed E-state index contributed by atoms with van der Waals surface area (Å²) in [4.78, 5) is 22.1. The van der Waals surface area contributed by atoms with Gasteiger partial charge < -0.3 is 20.4 Å². The normalized spacial score (nSPS) is 14.3. The van der Waals surface area contributed by atoms with E-state index in [4.69, 9.17) is 4.98 Å². The van der Waals surface area contributed by atoms with Gasteiger partial charge in [-0.3, -0.25) is 9.78 Å². The van der Waals surface area contributed by atoms with Gasteiger partial charge in [0, 0.05) is 30.9 Å². The molecule has 1 aliphatic rings. The van der Waals surface area contributed by atoms with E-state index < -0.39 is 5.97 Å².